The van der Waals surface area contributed by atoms with E-state index in [9.17, 15) is 8.42 Å². The largest absolute Gasteiger partial charge is 0.330 e. The molecule has 0 saturated carbocycles. The third-order valence-corrected chi connectivity index (χ3v) is 4.84. The van der Waals surface area contributed by atoms with Gasteiger partial charge in [0, 0.05) is 26.7 Å². The highest BCUT2D eigenvalue weighted by atomic mass is 32.2. The molecule has 2 N–H and O–H groups in total. The van der Waals surface area contributed by atoms with Gasteiger partial charge >= 0.3 is 0 Å². The lowest BCUT2D eigenvalue weighted by Gasteiger charge is -2.33. The number of nitrogens with zero attached hydrogens (tertiary/aromatic N) is 2. The van der Waals surface area contributed by atoms with Crippen molar-refractivity contribution in [2.45, 2.75) is 12.8 Å². The summed E-state index contributed by atoms with van der Waals surface area (Å²) in [6.45, 7) is 5.58. The van der Waals surface area contributed by atoms with E-state index >= 15 is 0 Å². The Morgan fingerprint density at radius 1 is 1.62 bits per heavy atom. The molecule has 94 valence electrons. The molecule has 0 aromatic rings. The van der Waals surface area contributed by atoms with Crippen molar-refractivity contribution >= 4 is 10.2 Å². The molecule has 16 heavy (non-hydrogen) atoms. The molecule has 1 saturated heterocycles. The summed E-state index contributed by atoms with van der Waals surface area (Å²) < 4.78 is 27.0. The molecule has 1 atom stereocenters. The van der Waals surface area contributed by atoms with E-state index in [1.165, 1.54) is 8.61 Å². The Labute approximate surface area is 98.1 Å². The summed E-state index contributed by atoms with van der Waals surface area (Å²) in [5.41, 5.74) is 5.59. The first kappa shape index (κ1) is 13.6. The second-order valence-corrected chi connectivity index (χ2v) is 6.21. The highest BCUT2D eigenvalue weighted by molar-refractivity contribution is 7.86. The Kier molecular flexibility index (Phi) is 4.91. The summed E-state index contributed by atoms with van der Waals surface area (Å²) in [6, 6.07) is 0. The summed E-state index contributed by atoms with van der Waals surface area (Å²) in [5.74, 6) is 0.292. The molecular formula is C10H21N3O2S. The van der Waals surface area contributed by atoms with Gasteiger partial charge in [-0.15, -0.1) is 6.58 Å². The predicted molar refractivity (Wildman–Crippen MR) is 65.1 cm³/mol. The van der Waals surface area contributed by atoms with Crippen molar-refractivity contribution in [3.05, 3.63) is 12.7 Å². The van der Waals surface area contributed by atoms with Crippen LogP contribution < -0.4 is 5.73 Å². The van der Waals surface area contributed by atoms with Crippen molar-refractivity contribution < 1.29 is 8.42 Å². The van der Waals surface area contributed by atoms with Gasteiger partial charge in [0.25, 0.3) is 10.2 Å². The minimum atomic E-state index is -3.33. The first-order valence-corrected chi connectivity index (χ1v) is 6.94. The Bertz CT molecular complexity index is 329. The third kappa shape index (κ3) is 3.04. The molecule has 0 spiro atoms. The molecule has 1 fully saturated rings. The van der Waals surface area contributed by atoms with E-state index in [1.807, 2.05) is 0 Å². The van der Waals surface area contributed by atoms with Gasteiger partial charge in [0.15, 0.2) is 0 Å². The number of piperidine rings is 1. The quantitative estimate of drug-likeness (QED) is 0.696. The van der Waals surface area contributed by atoms with Crippen LogP contribution in [0.15, 0.2) is 12.7 Å². The lowest BCUT2D eigenvalue weighted by atomic mass is 10.0. The van der Waals surface area contributed by atoms with Gasteiger partial charge in [-0.2, -0.15) is 17.0 Å². The monoisotopic (exact) mass is 247 g/mol. The number of hydrogen-bond donors (Lipinski definition) is 1. The van der Waals surface area contributed by atoms with Gasteiger partial charge in [-0.3, -0.25) is 0 Å². The zero-order valence-electron chi connectivity index (χ0n) is 9.80. The molecule has 1 aliphatic rings. The SMILES string of the molecule is C=CCN(C)S(=O)(=O)N1CCCC(CN)C1. The Hall–Kier alpha value is -0.430. The Morgan fingerprint density at radius 2 is 2.31 bits per heavy atom. The zero-order chi connectivity index (χ0) is 12.2. The van der Waals surface area contributed by atoms with Crippen LogP contribution in [0.25, 0.3) is 0 Å². The van der Waals surface area contributed by atoms with Crippen molar-refractivity contribution in [2.24, 2.45) is 11.7 Å². The molecule has 6 heteroatoms. The standard InChI is InChI=1S/C10H21N3O2S/c1-3-6-12(2)16(14,15)13-7-4-5-10(8-11)9-13/h3,10H,1,4-9,11H2,2H3. The van der Waals surface area contributed by atoms with Crippen LogP contribution in [0, 0.1) is 5.92 Å². The minimum Gasteiger partial charge on any atom is -0.330 e. The molecule has 0 aromatic carbocycles. The zero-order valence-corrected chi connectivity index (χ0v) is 10.6. The average molecular weight is 247 g/mol. The van der Waals surface area contributed by atoms with Crippen molar-refractivity contribution in [1.82, 2.24) is 8.61 Å². The highest BCUT2D eigenvalue weighted by Crippen LogP contribution is 2.19. The van der Waals surface area contributed by atoms with Crippen molar-refractivity contribution in [2.75, 3.05) is 33.2 Å². The van der Waals surface area contributed by atoms with E-state index in [0.29, 0.717) is 32.1 Å². The molecule has 0 aromatic heterocycles. The maximum absolute atomic E-state index is 12.1. The maximum Gasteiger partial charge on any atom is 0.282 e. The molecule has 1 unspecified atom stereocenters. The second kappa shape index (κ2) is 5.77. The van der Waals surface area contributed by atoms with Crippen LogP contribution in [-0.4, -0.2) is 50.3 Å². The molecule has 0 amide bonds. The summed E-state index contributed by atoms with van der Waals surface area (Å²) >= 11 is 0. The average Bonchev–Trinajstić information content (AvgIpc) is 2.29. The van der Waals surface area contributed by atoms with Gasteiger partial charge < -0.3 is 5.73 Å². The van der Waals surface area contributed by atoms with Crippen LogP contribution in [0.4, 0.5) is 0 Å². The first-order chi connectivity index (χ1) is 7.52. The van der Waals surface area contributed by atoms with E-state index in [0.717, 1.165) is 12.8 Å². The summed E-state index contributed by atoms with van der Waals surface area (Å²) in [4.78, 5) is 0. The second-order valence-electron chi connectivity index (χ2n) is 4.18. The fourth-order valence-corrected chi connectivity index (χ4v) is 3.35. The molecular weight excluding hydrogens is 226 g/mol. The van der Waals surface area contributed by atoms with Crippen LogP contribution in [0.2, 0.25) is 0 Å². The molecule has 0 bridgehead atoms. The van der Waals surface area contributed by atoms with Crippen LogP contribution in [0.5, 0.6) is 0 Å². The van der Waals surface area contributed by atoms with E-state index in [2.05, 4.69) is 6.58 Å². The highest BCUT2D eigenvalue weighted by Gasteiger charge is 2.30. The lowest BCUT2D eigenvalue weighted by molar-refractivity contribution is 0.258. The number of rotatable bonds is 5. The van der Waals surface area contributed by atoms with E-state index in [4.69, 9.17) is 5.73 Å². The fourth-order valence-electron chi connectivity index (χ4n) is 1.90. The van der Waals surface area contributed by atoms with E-state index in [-0.39, 0.29) is 0 Å². The topological polar surface area (TPSA) is 66.6 Å². The molecule has 1 rings (SSSR count). The molecule has 1 heterocycles. The molecule has 5 nitrogen and oxygen atoms in total. The van der Waals surface area contributed by atoms with Crippen LogP contribution in [-0.2, 0) is 10.2 Å². The number of likely N-dealkylation sites (N-methyl/N-ethyl adjacent to an activating group) is 1. The lowest BCUT2D eigenvalue weighted by Crippen LogP contribution is -2.47. The Balaban J connectivity index is 2.71. The van der Waals surface area contributed by atoms with Gasteiger partial charge in [-0.25, -0.2) is 0 Å². The summed E-state index contributed by atoms with van der Waals surface area (Å²) in [5, 5.41) is 0. The maximum atomic E-state index is 12.1. The van der Waals surface area contributed by atoms with Crippen molar-refractivity contribution in [3.63, 3.8) is 0 Å². The molecule has 0 radical (unpaired) electrons. The van der Waals surface area contributed by atoms with Crippen LogP contribution in [0.1, 0.15) is 12.8 Å². The number of nitrogens with two attached hydrogens (primary N) is 1. The normalized spacial score (nSPS) is 23.6. The Morgan fingerprint density at radius 3 is 2.88 bits per heavy atom. The summed E-state index contributed by atoms with van der Waals surface area (Å²) in [7, 11) is -1.75. The number of hydrogen-bond acceptors (Lipinski definition) is 3. The smallest absolute Gasteiger partial charge is 0.282 e. The van der Waals surface area contributed by atoms with Gasteiger partial charge in [0.05, 0.1) is 0 Å². The van der Waals surface area contributed by atoms with Crippen LogP contribution >= 0.6 is 0 Å². The van der Waals surface area contributed by atoms with Crippen LogP contribution in [0.3, 0.4) is 0 Å². The van der Waals surface area contributed by atoms with Gasteiger partial charge in [0.2, 0.25) is 0 Å². The van der Waals surface area contributed by atoms with Crippen molar-refractivity contribution in [1.29, 1.82) is 0 Å². The first-order valence-electron chi connectivity index (χ1n) is 5.54. The van der Waals surface area contributed by atoms with Gasteiger partial charge in [-0.1, -0.05) is 6.08 Å². The minimum absolute atomic E-state index is 0.292. The fraction of sp³-hybridized carbons (Fsp3) is 0.800. The molecule has 0 aliphatic carbocycles. The third-order valence-electron chi connectivity index (χ3n) is 2.92. The molecule has 1 aliphatic heterocycles. The van der Waals surface area contributed by atoms with Crippen molar-refractivity contribution in [3.8, 4) is 0 Å². The van der Waals surface area contributed by atoms with Gasteiger partial charge in [-0.05, 0) is 25.3 Å². The van der Waals surface area contributed by atoms with E-state index in [1.54, 1.807) is 13.1 Å². The predicted octanol–water partition coefficient (Wildman–Crippen LogP) is 0.0197. The van der Waals surface area contributed by atoms with E-state index < -0.39 is 10.2 Å². The van der Waals surface area contributed by atoms with Gasteiger partial charge in [0.1, 0.15) is 0 Å². The summed E-state index contributed by atoms with van der Waals surface area (Å²) in [6.07, 6.45) is 3.50.